The molecule has 1 rings (SSSR count). The first kappa shape index (κ1) is 14.5. The summed E-state index contributed by atoms with van der Waals surface area (Å²) in [7, 11) is 1.64. The number of rotatable bonds is 7. The number of carbonyl (C=O) groups is 1. The average Bonchev–Trinajstić information content (AvgIpc) is 2.39. The Morgan fingerprint density at radius 2 is 1.94 bits per heavy atom. The number of hydrogen-bond acceptors (Lipinski definition) is 3. The van der Waals surface area contributed by atoms with Gasteiger partial charge in [-0.05, 0) is 36.5 Å². The van der Waals surface area contributed by atoms with Crippen molar-refractivity contribution in [1.29, 1.82) is 0 Å². The molecular formula is C14H21NO3. The molecule has 100 valence electrons. The van der Waals surface area contributed by atoms with Gasteiger partial charge in [0, 0.05) is 6.54 Å². The first-order valence-corrected chi connectivity index (χ1v) is 6.15. The summed E-state index contributed by atoms with van der Waals surface area (Å²) in [6.45, 7) is 2.29. The lowest BCUT2D eigenvalue weighted by Gasteiger charge is -2.15. The zero-order valence-corrected chi connectivity index (χ0v) is 10.9. The number of hydrogen-bond donors (Lipinski definition) is 2. The third kappa shape index (κ3) is 4.04. The molecule has 0 radical (unpaired) electrons. The summed E-state index contributed by atoms with van der Waals surface area (Å²) >= 11 is 0. The van der Waals surface area contributed by atoms with Crippen LogP contribution in [-0.4, -0.2) is 24.7 Å². The van der Waals surface area contributed by atoms with Gasteiger partial charge in [0.1, 0.15) is 5.75 Å². The van der Waals surface area contributed by atoms with Crippen LogP contribution in [0, 0.1) is 5.92 Å². The van der Waals surface area contributed by atoms with Crippen molar-refractivity contribution < 1.29 is 14.6 Å². The molecule has 0 aliphatic heterocycles. The van der Waals surface area contributed by atoms with Crippen LogP contribution < -0.4 is 10.5 Å². The molecule has 0 aromatic heterocycles. The van der Waals surface area contributed by atoms with E-state index in [9.17, 15) is 4.79 Å². The summed E-state index contributed by atoms with van der Waals surface area (Å²) in [6.07, 6.45) is 1.43. The fourth-order valence-corrected chi connectivity index (χ4v) is 1.89. The maximum atomic E-state index is 10.9. The van der Waals surface area contributed by atoms with Gasteiger partial charge in [-0.25, -0.2) is 0 Å². The molecule has 0 aliphatic carbocycles. The zero-order valence-electron chi connectivity index (χ0n) is 10.9. The third-order valence-electron chi connectivity index (χ3n) is 3.27. The molecule has 0 aliphatic rings. The van der Waals surface area contributed by atoms with Crippen LogP contribution in [0.5, 0.6) is 5.75 Å². The molecule has 1 aromatic rings. The Morgan fingerprint density at radius 3 is 2.39 bits per heavy atom. The topological polar surface area (TPSA) is 72.5 Å². The van der Waals surface area contributed by atoms with Crippen LogP contribution in [0.4, 0.5) is 0 Å². The van der Waals surface area contributed by atoms with Crippen molar-refractivity contribution in [1.82, 2.24) is 0 Å². The number of methoxy groups -OCH3 is 1. The molecular weight excluding hydrogens is 230 g/mol. The van der Waals surface area contributed by atoms with Gasteiger partial charge in [0.2, 0.25) is 0 Å². The highest BCUT2D eigenvalue weighted by molar-refractivity contribution is 5.70. The maximum absolute atomic E-state index is 10.9. The van der Waals surface area contributed by atoms with E-state index in [0.717, 1.165) is 12.2 Å². The van der Waals surface area contributed by atoms with Crippen molar-refractivity contribution in [3.8, 4) is 5.75 Å². The van der Waals surface area contributed by atoms with Crippen LogP contribution in [0.2, 0.25) is 0 Å². The Kier molecular flexibility index (Phi) is 5.65. The number of ether oxygens (including phenoxy) is 1. The minimum absolute atomic E-state index is 0.199. The molecule has 0 saturated carbocycles. The zero-order chi connectivity index (χ0) is 13.5. The van der Waals surface area contributed by atoms with Crippen LogP contribution in [0.1, 0.15) is 31.2 Å². The highest BCUT2D eigenvalue weighted by Gasteiger charge is 2.17. The number of nitrogens with two attached hydrogens (primary N) is 1. The maximum Gasteiger partial charge on any atom is 0.307 e. The van der Waals surface area contributed by atoms with Crippen molar-refractivity contribution in [2.45, 2.75) is 25.7 Å². The molecule has 0 bridgehead atoms. The number of carboxylic acid groups (broad SMARTS) is 1. The van der Waals surface area contributed by atoms with Crippen molar-refractivity contribution in [3.05, 3.63) is 29.8 Å². The van der Waals surface area contributed by atoms with E-state index in [2.05, 4.69) is 6.92 Å². The number of carboxylic acids is 1. The fourth-order valence-electron chi connectivity index (χ4n) is 1.89. The quantitative estimate of drug-likeness (QED) is 0.779. The summed E-state index contributed by atoms with van der Waals surface area (Å²) in [5.74, 6) is -0.0919. The SMILES string of the molecule is COc1ccc(C(C)CCC(CN)C(=O)O)cc1. The van der Waals surface area contributed by atoms with Crippen LogP contribution >= 0.6 is 0 Å². The van der Waals surface area contributed by atoms with Crippen molar-refractivity contribution >= 4 is 5.97 Å². The highest BCUT2D eigenvalue weighted by atomic mass is 16.5. The molecule has 3 N–H and O–H groups in total. The predicted molar refractivity (Wildman–Crippen MR) is 70.8 cm³/mol. The van der Waals surface area contributed by atoms with Crippen LogP contribution in [0.15, 0.2) is 24.3 Å². The second kappa shape index (κ2) is 7.01. The first-order chi connectivity index (χ1) is 8.58. The Balaban J connectivity index is 2.53. The van der Waals surface area contributed by atoms with E-state index in [1.165, 1.54) is 5.56 Å². The van der Waals surface area contributed by atoms with E-state index in [-0.39, 0.29) is 6.54 Å². The van der Waals surface area contributed by atoms with Gasteiger partial charge in [-0.2, -0.15) is 0 Å². The summed E-state index contributed by atoms with van der Waals surface area (Å²) < 4.78 is 5.10. The van der Waals surface area contributed by atoms with Gasteiger partial charge in [0.05, 0.1) is 13.0 Å². The van der Waals surface area contributed by atoms with Crippen LogP contribution in [0.3, 0.4) is 0 Å². The molecule has 4 nitrogen and oxygen atoms in total. The highest BCUT2D eigenvalue weighted by Crippen LogP contribution is 2.24. The molecule has 0 fully saturated rings. The van der Waals surface area contributed by atoms with Gasteiger partial charge in [-0.1, -0.05) is 19.1 Å². The molecule has 0 saturated heterocycles. The largest absolute Gasteiger partial charge is 0.497 e. The van der Waals surface area contributed by atoms with Crippen molar-refractivity contribution in [2.24, 2.45) is 11.7 Å². The first-order valence-electron chi connectivity index (χ1n) is 6.15. The summed E-state index contributed by atoms with van der Waals surface area (Å²) in [5, 5.41) is 8.93. The Hall–Kier alpha value is -1.55. The fraction of sp³-hybridized carbons (Fsp3) is 0.500. The Labute approximate surface area is 108 Å². The van der Waals surface area contributed by atoms with Crippen molar-refractivity contribution in [3.63, 3.8) is 0 Å². The normalized spacial score (nSPS) is 13.9. The van der Waals surface area contributed by atoms with E-state index in [1.807, 2.05) is 24.3 Å². The lowest BCUT2D eigenvalue weighted by Crippen LogP contribution is -2.23. The van der Waals surface area contributed by atoms with Gasteiger partial charge in [0.15, 0.2) is 0 Å². The molecule has 4 heteroatoms. The summed E-state index contributed by atoms with van der Waals surface area (Å²) in [6, 6.07) is 7.87. The van der Waals surface area contributed by atoms with Crippen LogP contribution in [0.25, 0.3) is 0 Å². The van der Waals surface area contributed by atoms with E-state index in [4.69, 9.17) is 15.6 Å². The average molecular weight is 251 g/mol. The summed E-state index contributed by atoms with van der Waals surface area (Å²) in [4.78, 5) is 10.9. The molecule has 0 spiro atoms. The molecule has 2 unspecified atom stereocenters. The number of benzene rings is 1. The molecule has 2 atom stereocenters. The van der Waals surface area contributed by atoms with Crippen LogP contribution in [-0.2, 0) is 4.79 Å². The standard InChI is InChI=1S/C14H21NO3/c1-10(3-4-12(9-15)14(16)17)11-5-7-13(18-2)8-6-11/h5-8,10,12H,3-4,9,15H2,1-2H3,(H,16,17). The monoisotopic (exact) mass is 251 g/mol. The smallest absolute Gasteiger partial charge is 0.307 e. The van der Waals surface area contributed by atoms with E-state index in [0.29, 0.717) is 12.3 Å². The van der Waals surface area contributed by atoms with E-state index >= 15 is 0 Å². The van der Waals surface area contributed by atoms with E-state index in [1.54, 1.807) is 7.11 Å². The lowest BCUT2D eigenvalue weighted by molar-refractivity contribution is -0.141. The second-order valence-electron chi connectivity index (χ2n) is 4.52. The third-order valence-corrected chi connectivity index (χ3v) is 3.27. The van der Waals surface area contributed by atoms with Gasteiger partial charge < -0.3 is 15.6 Å². The minimum Gasteiger partial charge on any atom is -0.497 e. The Morgan fingerprint density at radius 1 is 1.33 bits per heavy atom. The van der Waals surface area contributed by atoms with Gasteiger partial charge in [-0.15, -0.1) is 0 Å². The van der Waals surface area contributed by atoms with E-state index < -0.39 is 11.9 Å². The minimum atomic E-state index is -0.806. The molecule has 18 heavy (non-hydrogen) atoms. The van der Waals surface area contributed by atoms with Gasteiger partial charge in [-0.3, -0.25) is 4.79 Å². The van der Waals surface area contributed by atoms with Gasteiger partial charge >= 0.3 is 5.97 Å². The predicted octanol–water partition coefficient (Wildman–Crippen LogP) is 2.24. The number of aliphatic carboxylic acids is 1. The second-order valence-corrected chi connectivity index (χ2v) is 4.52. The lowest BCUT2D eigenvalue weighted by atomic mass is 9.92. The molecule has 1 aromatic carbocycles. The Bertz CT molecular complexity index is 375. The summed E-state index contributed by atoms with van der Waals surface area (Å²) in [5.41, 5.74) is 6.63. The van der Waals surface area contributed by atoms with Gasteiger partial charge in [0.25, 0.3) is 0 Å². The molecule has 0 heterocycles. The molecule has 0 amide bonds. The van der Waals surface area contributed by atoms with Crippen molar-refractivity contribution in [2.75, 3.05) is 13.7 Å².